The number of benzene rings is 1. The first-order chi connectivity index (χ1) is 12.5. The molecule has 0 bridgehead atoms. The van der Waals surface area contributed by atoms with E-state index in [9.17, 15) is 14.4 Å². The number of esters is 1. The SMILES string of the molecule is COC(=O)C(CC1CN(C(=O)O)CCO1)NC(=O)OCc1ccccc1. The largest absolute Gasteiger partial charge is 0.467 e. The average Bonchev–Trinajstić information content (AvgIpc) is 2.66. The van der Waals surface area contributed by atoms with Crippen LogP contribution in [0.2, 0.25) is 0 Å². The fourth-order valence-electron chi connectivity index (χ4n) is 2.56. The van der Waals surface area contributed by atoms with Crippen LogP contribution < -0.4 is 5.32 Å². The normalized spacial score (nSPS) is 17.9. The summed E-state index contributed by atoms with van der Waals surface area (Å²) in [6, 6.07) is 8.11. The van der Waals surface area contributed by atoms with Gasteiger partial charge in [-0.15, -0.1) is 0 Å². The first-order valence-corrected chi connectivity index (χ1v) is 8.14. The number of alkyl carbamates (subject to hydrolysis) is 1. The molecule has 1 aliphatic rings. The van der Waals surface area contributed by atoms with E-state index in [1.807, 2.05) is 18.2 Å². The van der Waals surface area contributed by atoms with E-state index >= 15 is 0 Å². The van der Waals surface area contributed by atoms with Crippen molar-refractivity contribution in [2.75, 3.05) is 26.8 Å². The summed E-state index contributed by atoms with van der Waals surface area (Å²) in [6.07, 6.45) is -2.27. The lowest BCUT2D eigenvalue weighted by Crippen LogP contribution is -2.50. The highest BCUT2D eigenvalue weighted by Crippen LogP contribution is 2.12. The third-order valence-corrected chi connectivity index (χ3v) is 3.90. The summed E-state index contributed by atoms with van der Waals surface area (Å²) >= 11 is 0. The molecule has 0 aliphatic carbocycles. The molecule has 0 radical (unpaired) electrons. The second-order valence-electron chi connectivity index (χ2n) is 5.74. The van der Waals surface area contributed by atoms with Crippen molar-refractivity contribution in [1.82, 2.24) is 10.2 Å². The molecule has 0 saturated carbocycles. The van der Waals surface area contributed by atoms with Gasteiger partial charge in [-0.3, -0.25) is 0 Å². The molecule has 26 heavy (non-hydrogen) atoms. The van der Waals surface area contributed by atoms with Gasteiger partial charge in [-0.2, -0.15) is 0 Å². The first kappa shape index (κ1) is 19.5. The Kier molecular flexibility index (Phi) is 7.22. The zero-order valence-electron chi connectivity index (χ0n) is 14.4. The minimum absolute atomic E-state index is 0.0628. The number of hydrogen-bond donors (Lipinski definition) is 2. The Hall–Kier alpha value is -2.81. The molecule has 2 unspecified atom stereocenters. The lowest BCUT2D eigenvalue weighted by Gasteiger charge is -2.32. The number of nitrogens with one attached hydrogen (secondary N) is 1. The number of ether oxygens (including phenoxy) is 3. The van der Waals surface area contributed by atoms with Crippen molar-refractivity contribution < 1.29 is 33.7 Å². The van der Waals surface area contributed by atoms with Gasteiger partial charge in [0.1, 0.15) is 12.6 Å². The van der Waals surface area contributed by atoms with Crippen LogP contribution in [-0.2, 0) is 25.6 Å². The summed E-state index contributed by atoms with van der Waals surface area (Å²) in [5.41, 5.74) is 0.810. The predicted octanol–water partition coefficient (Wildman–Crippen LogP) is 1.22. The second kappa shape index (κ2) is 9.62. The van der Waals surface area contributed by atoms with Crippen LogP contribution in [0.4, 0.5) is 9.59 Å². The van der Waals surface area contributed by atoms with E-state index in [-0.39, 0.29) is 32.7 Å². The summed E-state index contributed by atoms with van der Waals surface area (Å²) in [4.78, 5) is 36.2. The maximum atomic E-state index is 12.0. The summed E-state index contributed by atoms with van der Waals surface area (Å²) in [6.45, 7) is 0.668. The van der Waals surface area contributed by atoms with Crippen LogP contribution in [-0.4, -0.2) is 67.1 Å². The number of methoxy groups -OCH3 is 1. The Bertz CT molecular complexity index is 623. The fourth-order valence-corrected chi connectivity index (χ4v) is 2.56. The Labute approximate surface area is 150 Å². The van der Waals surface area contributed by atoms with Gasteiger partial charge in [0, 0.05) is 13.0 Å². The monoisotopic (exact) mass is 366 g/mol. The molecule has 142 valence electrons. The average molecular weight is 366 g/mol. The maximum Gasteiger partial charge on any atom is 0.408 e. The quantitative estimate of drug-likeness (QED) is 0.728. The van der Waals surface area contributed by atoms with E-state index in [0.29, 0.717) is 0 Å². The van der Waals surface area contributed by atoms with Crippen molar-refractivity contribution >= 4 is 18.2 Å². The van der Waals surface area contributed by atoms with Gasteiger partial charge in [0.25, 0.3) is 0 Å². The topological polar surface area (TPSA) is 114 Å². The van der Waals surface area contributed by atoms with Crippen LogP contribution in [0.3, 0.4) is 0 Å². The van der Waals surface area contributed by atoms with Crippen LogP contribution >= 0.6 is 0 Å². The molecule has 1 saturated heterocycles. The maximum absolute atomic E-state index is 12.0. The van der Waals surface area contributed by atoms with Crippen molar-refractivity contribution in [3.05, 3.63) is 35.9 Å². The van der Waals surface area contributed by atoms with Crippen molar-refractivity contribution in [1.29, 1.82) is 0 Å². The third kappa shape index (κ3) is 5.92. The molecule has 0 spiro atoms. The lowest BCUT2D eigenvalue weighted by molar-refractivity contribution is -0.144. The molecule has 0 aromatic heterocycles. The Morgan fingerprint density at radius 2 is 2.08 bits per heavy atom. The molecule has 9 heteroatoms. The van der Waals surface area contributed by atoms with E-state index < -0.39 is 30.3 Å². The molecule has 1 aromatic rings. The number of rotatable bonds is 6. The molecule has 1 heterocycles. The third-order valence-electron chi connectivity index (χ3n) is 3.90. The van der Waals surface area contributed by atoms with E-state index in [0.717, 1.165) is 5.56 Å². The number of hydrogen-bond acceptors (Lipinski definition) is 6. The van der Waals surface area contributed by atoms with Crippen LogP contribution in [0.5, 0.6) is 0 Å². The van der Waals surface area contributed by atoms with E-state index in [1.54, 1.807) is 12.1 Å². The van der Waals surface area contributed by atoms with Crippen LogP contribution in [0.15, 0.2) is 30.3 Å². The highest BCUT2D eigenvalue weighted by atomic mass is 16.6. The van der Waals surface area contributed by atoms with Crippen LogP contribution in [0.1, 0.15) is 12.0 Å². The first-order valence-electron chi connectivity index (χ1n) is 8.14. The summed E-state index contributed by atoms with van der Waals surface area (Å²) < 4.78 is 15.3. The molecule has 1 aliphatic heterocycles. The van der Waals surface area contributed by atoms with Gasteiger partial charge in [-0.25, -0.2) is 14.4 Å². The van der Waals surface area contributed by atoms with Gasteiger partial charge >= 0.3 is 18.2 Å². The molecule has 2 N–H and O–H groups in total. The highest BCUT2D eigenvalue weighted by Gasteiger charge is 2.31. The number of nitrogens with zero attached hydrogens (tertiary/aromatic N) is 1. The van der Waals surface area contributed by atoms with E-state index in [1.165, 1.54) is 12.0 Å². The molecule has 2 rings (SSSR count). The van der Waals surface area contributed by atoms with Gasteiger partial charge in [-0.1, -0.05) is 30.3 Å². The Morgan fingerprint density at radius 1 is 1.35 bits per heavy atom. The molecular formula is C17H22N2O7. The molecule has 1 fully saturated rings. The van der Waals surface area contributed by atoms with Crippen molar-refractivity contribution in [3.8, 4) is 0 Å². The second-order valence-corrected chi connectivity index (χ2v) is 5.74. The molecule has 2 amide bonds. The van der Waals surface area contributed by atoms with Crippen LogP contribution in [0, 0.1) is 0 Å². The van der Waals surface area contributed by atoms with Crippen LogP contribution in [0.25, 0.3) is 0 Å². The van der Waals surface area contributed by atoms with Crippen molar-refractivity contribution in [2.45, 2.75) is 25.2 Å². The van der Waals surface area contributed by atoms with Crippen molar-refractivity contribution in [2.24, 2.45) is 0 Å². The van der Waals surface area contributed by atoms with Gasteiger partial charge in [0.2, 0.25) is 0 Å². The Balaban J connectivity index is 1.89. The number of carbonyl (C=O) groups excluding carboxylic acids is 2. The molecule has 2 atom stereocenters. The van der Waals surface area contributed by atoms with Gasteiger partial charge < -0.3 is 29.5 Å². The van der Waals surface area contributed by atoms with Gasteiger partial charge in [0.05, 0.1) is 26.4 Å². The smallest absolute Gasteiger partial charge is 0.408 e. The highest BCUT2D eigenvalue weighted by molar-refractivity contribution is 5.81. The van der Waals surface area contributed by atoms with Gasteiger partial charge in [0.15, 0.2) is 0 Å². The predicted molar refractivity (Wildman–Crippen MR) is 89.5 cm³/mol. The van der Waals surface area contributed by atoms with Crippen molar-refractivity contribution in [3.63, 3.8) is 0 Å². The zero-order chi connectivity index (χ0) is 18.9. The minimum atomic E-state index is -1.05. The summed E-state index contributed by atoms with van der Waals surface area (Å²) in [7, 11) is 1.21. The summed E-state index contributed by atoms with van der Waals surface area (Å²) in [5.74, 6) is -0.655. The Morgan fingerprint density at radius 3 is 2.73 bits per heavy atom. The fraction of sp³-hybridized carbons (Fsp3) is 0.471. The van der Waals surface area contributed by atoms with E-state index in [4.69, 9.17) is 19.3 Å². The molecular weight excluding hydrogens is 344 g/mol. The molecule has 9 nitrogen and oxygen atoms in total. The summed E-state index contributed by atoms with van der Waals surface area (Å²) in [5, 5.41) is 11.5. The number of carboxylic acid groups (broad SMARTS) is 1. The molecule has 1 aromatic carbocycles. The minimum Gasteiger partial charge on any atom is -0.467 e. The number of morpholine rings is 1. The van der Waals surface area contributed by atoms with Gasteiger partial charge in [-0.05, 0) is 5.56 Å². The zero-order valence-corrected chi connectivity index (χ0v) is 14.4. The lowest BCUT2D eigenvalue weighted by atomic mass is 10.1. The standard InChI is InChI=1S/C17H22N2O7/c1-24-15(20)14(9-13-10-19(17(22)23)7-8-25-13)18-16(21)26-11-12-5-3-2-4-6-12/h2-6,13-14H,7-11H2,1H3,(H,18,21)(H,22,23). The number of amides is 2. The van der Waals surface area contributed by atoms with E-state index in [2.05, 4.69) is 5.32 Å². The number of carbonyl (C=O) groups is 3.